The number of rotatable bonds is 8. The minimum atomic E-state index is -0.495. The van der Waals surface area contributed by atoms with E-state index in [-0.39, 0.29) is 11.5 Å². The fourth-order valence-corrected chi connectivity index (χ4v) is 2.85. The summed E-state index contributed by atoms with van der Waals surface area (Å²) in [4.78, 5) is 32.2. The molecule has 3 aromatic rings. The van der Waals surface area contributed by atoms with Gasteiger partial charge in [0.1, 0.15) is 12.1 Å². The van der Waals surface area contributed by atoms with Crippen molar-refractivity contribution in [3.05, 3.63) is 40.6 Å². The van der Waals surface area contributed by atoms with Crippen molar-refractivity contribution in [1.29, 1.82) is 0 Å². The fourth-order valence-electron chi connectivity index (χ4n) is 2.49. The Morgan fingerprint density at radius 3 is 2.82 bits per heavy atom. The van der Waals surface area contributed by atoms with E-state index in [1.165, 1.54) is 23.9 Å². The number of fused-ring (bicyclic) bond motifs is 1. The molecular formula is C18H22N6O3S. The van der Waals surface area contributed by atoms with Crippen LogP contribution in [-0.2, 0) is 6.54 Å². The molecule has 2 N–H and O–H groups in total. The van der Waals surface area contributed by atoms with Crippen molar-refractivity contribution in [2.75, 3.05) is 24.7 Å². The van der Waals surface area contributed by atoms with Crippen LogP contribution in [0, 0.1) is 5.92 Å². The van der Waals surface area contributed by atoms with Crippen LogP contribution >= 0.6 is 11.8 Å². The predicted molar refractivity (Wildman–Crippen MR) is 108 cm³/mol. The first kappa shape index (κ1) is 19.9. The first-order chi connectivity index (χ1) is 13.5. The molecule has 3 rings (SSSR count). The number of anilines is 1. The average Bonchev–Trinajstić information content (AvgIpc) is 3.09. The van der Waals surface area contributed by atoms with Gasteiger partial charge in [0.25, 0.3) is 5.91 Å². The standard InChI is InChI=1S/C18H22N6O3S/c1-11(2)8-20-15-13-9-21-24(16(13)23-18(22-15)28-3)7-6-19-17(26)12-4-5-14(25)27-10-12/h4-5,9-11H,6-8H2,1-3H3,(H,19,26)(H,20,22,23). The number of carbonyl (C=O) groups excluding carboxylic acids is 1. The second kappa shape index (κ2) is 8.87. The number of nitrogens with zero attached hydrogens (tertiary/aromatic N) is 4. The van der Waals surface area contributed by atoms with E-state index in [4.69, 9.17) is 4.42 Å². The molecule has 28 heavy (non-hydrogen) atoms. The minimum absolute atomic E-state index is 0.289. The van der Waals surface area contributed by atoms with Crippen LogP contribution in [0.4, 0.5) is 5.82 Å². The molecule has 0 aliphatic carbocycles. The lowest BCUT2D eigenvalue weighted by atomic mass is 10.2. The smallest absolute Gasteiger partial charge is 0.335 e. The molecule has 0 unspecified atom stereocenters. The molecule has 9 nitrogen and oxygen atoms in total. The Labute approximate surface area is 165 Å². The van der Waals surface area contributed by atoms with E-state index >= 15 is 0 Å². The van der Waals surface area contributed by atoms with Crippen LogP contribution in [0.3, 0.4) is 0 Å². The number of aromatic nitrogens is 4. The van der Waals surface area contributed by atoms with Crippen molar-refractivity contribution in [3.8, 4) is 0 Å². The van der Waals surface area contributed by atoms with Gasteiger partial charge in [-0.25, -0.2) is 19.4 Å². The quantitative estimate of drug-likeness (QED) is 0.434. The van der Waals surface area contributed by atoms with Crippen molar-refractivity contribution in [2.24, 2.45) is 5.92 Å². The molecule has 10 heteroatoms. The van der Waals surface area contributed by atoms with E-state index < -0.39 is 5.63 Å². The van der Waals surface area contributed by atoms with Gasteiger partial charge in [-0.05, 0) is 18.2 Å². The summed E-state index contributed by atoms with van der Waals surface area (Å²) >= 11 is 1.46. The molecule has 0 aliphatic rings. The van der Waals surface area contributed by atoms with Crippen molar-refractivity contribution in [1.82, 2.24) is 25.1 Å². The first-order valence-corrected chi connectivity index (χ1v) is 10.1. The lowest BCUT2D eigenvalue weighted by molar-refractivity contribution is 0.0949. The Morgan fingerprint density at radius 2 is 2.14 bits per heavy atom. The third-order valence-electron chi connectivity index (χ3n) is 3.91. The number of carbonyl (C=O) groups is 1. The summed E-state index contributed by atoms with van der Waals surface area (Å²) in [5.74, 6) is 0.923. The SMILES string of the molecule is CSc1nc(NCC(C)C)c2cnn(CCNC(=O)c3ccc(=O)oc3)c2n1. The van der Waals surface area contributed by atoms with Gasteiger partial charge >= 0.3 is 5.63 Å². The molecule has 0 bridgehead atoms. The summed E-state index contributed by atoms with van der Waals surface area (Å²) in [5.41, 5.74) is 0.508. The molecule has 0 saturated heterocycles. The summed E-state index contributed by atoms with van der Waals surface area (Å²) < 4.78 is 6.45. The average molecular weight is 402 g/mol. The van der Waals surface area contributed by atoms with Crippen LogP contribution in [0.5, 0.6) is 0 Å². The molecule has 1 amide bonds. The van der Waals surface area contributed by atoms with Crippen LogP contribution in [0.1, 0.15) is 24.2 Å². The lowest BCUT2D eigenvalue weighted by Crippen LogP contribution is -2.27. The van der Waals surface area contributed by atoms with Crippen molar-refractivity contribution in [2.45, 2.75) is 25.5 Å². The van der Waals surface area contributed by atoms with Crippen molar-refractivity contribution in [3.63, 3.8) is 0 Å². The molecule has 0 aromatic carbocycles. The summed E-state index contributed by atoms with van der Waals surface area (Å²) in [6, 6.07) is 2.64. The maximum Gasteiger partial charge on any atom is 0.335 e. The molecule has 3 aromatic heterocycles. The van der Waals surface area contributed by atoms with E-state index in [1.54, 1.807) is 10.9 Å². The predicted octanol–water partition coefficient (Wildman–Crippen LogP) is 2.00. The van der Waals surface area contributed by atoms with Gasteiger partial charge in [-0.3, -0.25) is 4.79 Å². The van der Waals surface area contributed by atoms with Gasteiger partial charge < -0.3 is 15.1 Å². The second-order valence-electron chi connectivity index (χ2n) is 6.54. The van der Waals surface area contributed by atoms with Crippen LogP contribution in [0.15, 0.2) is 39.0 Å². The summed E-state index contributed by atoms with van der Waals surface area (Å²) in [5, 5.41) is 12.0. The van der Waals surface area contributed by atoms with Crippen LogP contribution in [0.25, 0.3) is 11.0 Å². The zero-order valence-electron chi connectivity index (χ0n) is 15.9. The highest BCUT2D eigenvalue weighted by Gasteiger charge is 2.13. The van der Waals surface area contributed by atoms with Gasteiger partial charge in [-0.15, -0.1) is 0 Å². The zero-order chi connectivity index (χ0) is 20.1. The number of hydrogen-bond donors (Lipinski definition) is 2. The maximum absolute atomic E-state index is 12.1. The summed E-state index contributed by atoms with van der Waals surface area (Å²) in [7, 11) is 0. The normalized spacial score (nSPS) is 11.1. The Bertz CT molecular complexity index is 1010. The largest absolute Gasteiger partial charge is 0.430 e. The van der Waals surface area contributed by atoms with E-state index in [2.05, 4.69) is 39.5 Å². The Morgan fingerprint density at radius 1 is 1.32 bits per heavy atom. The molecular weight excluding hydrogens is 380 g/mol. The van der Waals surface area contributed by atoms with Crippen LogP contribution < -0.4 is 16.3 Å². The number of thioether (sulfide) groups is 1. The van der Waals surface area contributed by atoms with E-state index in [1.807, 2.05) is 6.26 Å². The van der Waals surface area contributed by atoms with E-state index in [0.717, 1.165) is 24.0 Å². The summed E-state index contributed by atoms with van der Waals surface area (Å²) in [6.07, 6.45) is 4.80. The maximum atomic E-state index is 12.1. The topological polar surface area (TPSA) is 115 Å². The van der Waals surface area contributed by atoms with Crippen molar-refractivity contribution < 1.29 is 9.21 Å². The Balaban J connectivity index is 1.72. The monoisotopic (exact) mass is 402 g/mol. The van der Waals surface area contributed by atoms with Gasteiger partial charge in [0.2, 0.25) is 0 Å². The third-order valence-corrected chi connectivity index (χ3v) is 4.46. The number of nitrogens with one attached hydrogen (secondary N) is 2. The Hall–Kier alpha value is -2.88. The highest BCUT2D eigenvalue weighted by Crippen LogP contribution is 2.23. The fraction of sp³-hybridized carbons (Fsp3) is 0.389. The molecule has 0 radical (unpaired) electrons. The van der Waals surface area contributed by atoms with Gasteiger partial charge in [0.15, 0.2) is 10.8 Å². The van der Waals surface area contributed by atoms with Gasteiger partial charge in [-0.1, -0.05) is 25.6 Å². The molecule has 0 spiro atoms. The van der Waals surface area contributed by atoms with E-state index in [9.17, 15) is 9.59 Å². The highest BCUT2D eigenvalue weighted by molar-refractivity contribution is 7.98. The molecule has 0 aliphatic heterocycles. The first-order valence-electron chi connectivity index (χ1n) is 8.86. The highest BCUT2D eigenvalue weighted by atomic mass is 32.2. The van der Waals surface area contributed by atoms with Gasteiger partial charge in [0.05, 0.1) is 23.7 Å². The number of amides is 1. The van der Waals surface area contributed by atoms with Crippen LogP contribution in [0.2, 0.25) is 0 Å². The van der Waals surface area contributed by atoms with Gasteiger partial charge in [-0.2, -0.15) is 5.10 Å². The minimum Gasteiger partial charge on any atom is -0.430 e. The van der Waals surface area contributed by atoms with Gasteiger partial charge in [0, 0.05) is 19.2 Å². The number of hydrogen-bond acceptors (Lipinski definition) is 8. The molecule has 3 heterocycles. The summed E-state index contributed by atoms with van der Waals surface area (Å²) in [6.45, 7) is 5.85. The Kier molecular flexibility index (Phi) is 6.30. The molecule has 148 valence electrons. The third kappa shape index (κ3) is 4.69. The second-order valence-corrected chi connectivity index (χ2v) is 7.31. The van der Waals surface area contributed by atoms with Crippen LogP contribution in [-0.4, -0.2) is 45.0 Å². The molecule has 0 fully saturated rings. The van der Waals surface area contributed by atoms with E-state index in [0.29, 0.717) is 29.8 Å². The zero-order valence-corrected chi connectivity index (χ0v) is 16.7. The van der Waals surface area contributed by atoms with Crippen molar-refractivity contribution >= 4 is 34.5 Å². The molecule has 0 atom stereocenters. The lowest BCUT2D eigenvalue weighted by Gasteiger charge is -2.10. The molecule has 0 saturated carbocycles.